The maximum atomic E-state index is 13.6. The van der Waals surface area contributed by atoms with Crippen molar-refractivity contribution in [2.75, 3.05) is 41.8 Å². The maximum absolute atomic E-state index is 13.6. The Labute approximate surface area is 184 Å². The fourth-order valence-corrected chi connectivity index (χ4v) is 3.05. The third kappa shape index (κ3) is 6.63. The molecule has 5 nitrogen and oxygen atoms in total. The summed E-state index contributed by atoms with van der Waals surface area (Å²) in [5.74, 6) is 1.40. The van der Waals surface area contributed by atoms with Gasteiger partial charge in [0.05, 0.1) is 13.2 Å². The summed E-state index contributed by atoms with van der Waals surface area (Å²) in [5.41, 5.74) is 2.01. The molecule has 0 saturated heterocycles. The average molecular weight is 500 g/mol. The van der Waals surface area contributed by atoms with Crippen molar-refractivity contribution >= 4 is 29.9 Å². The van der Waals surface area contributed by atoms with Crippen molar-refractivity contribution in [2.45, 2.75) is 12.6 Å². The summed E-state index contributed by atoms with van der Waals surface area (Å²) >= 11 is 0. The molecule has 0 fully saturated rings. The third-order valence-corrected chi connectivity index (χ3v) is 4.48. The van der Waals surface area contributed by atoms with Crippen LogP contribution in [0.1, 0.15) is 17.2 Å². The van der Waals surface area contributed by atoms with E-state index >= 15 is 0 Å². The van der Waals surface area contributed by atoms with E-state index in [1.54, 1.807) is 26.3 Å². The van der Waals surface area contributed by atoms with Gasteiger partial charge >= 0.3 is 0 Å². The molecule has 154 valence electrons. The number of methoxy groups -OCH3 is 1. The van der Waals surface area contributed by atoms with Crippen molar-refractivity contribution in [3.63, 3.8) is 0 Å². The zero-order valence-corrected chi connectivity index (χ0v) is 19.5. The summed E-state index contributed by atoms with van der Waals surface area (Å²) < 4.78 is 19.0. The van der Waals surface area contributed by atoms with Crippen LogP contribution in [-0.2, 0) is 6.54 Å². The molecule has 2 rings (SSSR count). The van der Waals surface area contributed by atoms with Crippen LogP contribution in [0.2, 0.25) is 0 Å². The van der Waals surface area contributed by atoms with Gasteiger partial charge in [-0.15, -0.1) is 24.0 Å². The van der Waals surface area contributed by atoms with E-state index in [1.165, 1.54) is 6.07 Å². The average Bonchev–Trinajstić information content (AvgIpc) is 2.65. The minimum Gasteiger partial charge on any atom is -0.496 e. The minimum absolute atomic E-state index is 0. The fourth-order valence-electron chi connectivity index (χ4n) is 3.05. The van der Waals surface area contributed by atoms with Gasteiger partial charge in [-0.05, 0) is 37.9 Å². The van der Waals surface area contributed by atoms with Crippen LogP contribution in [0.4, 0.5) is 4.39 Å². The number of para-hydroxylation sites is 1. The predicted octanol–water partition coefficient (Wildman–Crippen LogP) is 3.76. The van der Waals surface area contributed by atoms with Crippen LogP contribution >= 0.6 is 24.0 Å². The van der Waals surface area contributed by atoms with Gasteiger partial charge in [-0.3, -0.25) is 4.99 Å². The number of benzene rings is 2. The van der Waals surface area contributed by atoms with E-state index in [0.29, 0.717) is 13.1 Å². The highest BCUT2D eigenvalue weighted by molar-refractivity contribution is 14.0. The monoisotopic (exact) mass is 500 g/mol. The quantitative estimate of drug-likeness (QED) is 0.357. The Morgan fingerprint density at radius 1 is 1.14 bits per heavy atom. The number of aliphatic imine (C=N–C) groups is 1. The van der Waals surface area contributed by atoms with Gasteiger partial charge in [-0.1, -0.05) is 30.3 Å². The smallest absolute Gasteiger partial charge is 0.193 e. The molecule has 0 aliphatic rings. The molecule has 2 aromatic rings. The topological polar surface area (TPSA) is 40.1 Å². The molecule has 0 spiro atoms. The van der Waals surface area contributed by atoms with Crippen LogP contribution < -0.4 is 10.1 Å². The highest BCUT2D eigenvalue weighted by atomic mass is 127. The largest absolute Gasteiger partial charge is 0.496 e. The predicted molar refractivity (Wildman–Crippen MR) is 124 cm³/mol. The molecule has 1 unspecified atom stereocenters. The molecule has 2 aromatic carbocycles. The second kappa shape index (κ2) is 11.9. The van der Waals surface area contributed by atoms with Gasteiger partial charge in [0.2, 0.25) is 0 Å². The maximum Gasteiger partial charge on any atom is 0.193 e. The number of hydrogen-bond acceptors (Lipinski definition) is 3. The number of guanidine groups is 1. The molecule has 0 bridgehead atoms. The molecule has 1 N–H and O–H groups in total. The Morgan fingerprint density at radius 2 is 1.86 bits per heavy atom. The molecule has 0 aromatic heterocycles. The standard InChI is InChI=1S/C21H29FN4O.HI/c1-23-21(26(4)15-17-9-6-7-12-20(17)27-5)24-14-19(25(2)3)16-10-8-11-18(22)13-16;/h6-13,19H,14-15H2,1-5H3,(H,23,24);1H. The highest BCUT2D eigenvalue weighted by Crippen LogP contribution is 2.20. The lowest BCUT2D eigenvalue weighted by atomic mass is 10.1. The Bertz CT molecular complexity index is 770. The van der Waals surface area contributed by atoms with Crippen molar-refractivity contribution in [3.8, 4) is 5.75 Å². The molecule has 0 aliphatic carbocycles. The van der Waals surface area contributed by atoms with E-state index in [4.69, 9.17) is 4.74 Å². The fraction of sp³-hybridized carbons (Fsp3) is 0.381. The summed E-state index contributed by atoms with van der Waals surface area (Å²) in [4.78, 5) is 8.48. The van der Waals surface area contributed by atoms with Gasteiger partial charge in [-0.25, -0.2) is 4.39 Å². The number of rotatable bonds is 7. The van der Waals surface area contributed by atoms with Crippen LogP contribution in [0.15, 0.2) is 53.5 Å². The highest BCUT2D eigenvalue weighted by Gasteiger charge is 2.17. The van der Waals surface area contributed by atoms with Crippen LogP contribution in [0.25, 0.3) is 0 Å². The molecule has 0 aliphatic heterocycles. The van der Waals surface area contributed by atoms with E-state index in [0.717, 1.165) is 22.8 Å². The molecule has 1 atom stereocenters. The van der Waals surface area contributed by atoms with E-state index in [1.807, 2.05) is 56.4 Å². The minimum atomic E-state index is -0.225. The van der Waals surface area contributed by atoms with Crippen molar-refractivity contribution < 1.29 is 9.13 Å². The number of ether oxygens (including phenoxy) is 1. The summed E-state index contributed by atoms with van der Waals surface area (Å²) in [5, 5.41) is 3.40. The first kappa shape index (κ1) is 24.2. The van der Waals surface area contributed by atoms with Gasteiger partial charge in [0.25, 0.3) is 0 Å². The number of likely N-dealkylation sites (N-methyl/N-ethyl adjacent to an activating group) is 1. The molecule has 28 heavy (non-hydrogen) atoms. The molecule has 7 heteroatoms. The molecule has 0 saturated carbocycles. The molecule has 0 radical (unpaired) electrons. The lowest BCUT2D eigenvalue weighted by Gasteiger charge is -2.28. The lowest BCUT2D eigenvalue weighted by molar-refractivity contribution is 0.294. The Balaban J connectivity index is 0.00000392. The first-order chi connectivity index (χ1) is 13.0. The van der Waals surface area contributed by atoms with E-state index in [-0.39, 0.29) is 35.8 Å². The Morgan fingerprint density at radius 3 is 2.46 bits per heavy atom. The van der Waals surface area contributed by atoms with Gasteiger partial charge in [0, 0.05) is 32.7 Å². The summed E-state index contributed by atoms with van der Waals surface area (Å²) in [6, 6.07) is 14.7. The Hall–Kier alpha value is -1.87. The number of halogens is 2. The van der Waals surface area contributed by atoms with E-state index in [2.05, 4.69) is 15.2 Å². The number of nitrogens with zero attached hydrogens (tertiary/aromatic N) is 3. The van der Waals surface area contributed by atoms with Crippen LogP contribution in [-0.4, -0.2) is 57.6 Å². The van der Waals surface area contributed by atoms with Gasteiger partial charge in [0.15, 0.2) is 5.96 Å². The Kier molecular flexibility index (Phi) is 10.2. The first-order valence-electron chi connectivity index (χ1n) is 8.91. The zero-order valence-electron chi connectivity index (χ0n) is 17.1. The molecule has 0 amide bonds. The molecular formula is C21H30FIN4O. The lowest BCUT2D eigenvalue weighted by Crippen LogP contribution is -2.42. The van der Waals surface area contributed by atoms with E-state index in [9.17, 15) is 4.39 Å². The van der Waals surface area contributed by atoms with Gasteiger partial charge < -0.3 is 19.9 Å². The van der Waals surface area contributed by atoms with Crippen LogP contribution in [0.5, 0.6) is 5.75 Å². The summed E-state index contributed by atoms with van der Waals surface area (Å²) in [7, 11) is 9.38. The summed E-state index contributed by atoms with van der Waals surface area (Å²) in [6.45, 7) is 1.27. The normalized spacial score (nSPS) is 12.3. The number of hydrogen-bond donors (Lipinski definition) is 1. The SMILES string of the molecule is CN=C(NCC(c1cccc(F)c1)N(C)C)N(C)Cc1ccccc1OC.I. The molecule has 0 heterocycles. The van der Waals surface area contributed by atoms with Crippen molar-refractivity contribution in [3.05, 3.63) is 65.5 Å². The van der Waals surface area contributed by atoms with E-state index < -0.39 is 0 Å². The van der Waals surface area contributed by atoms with Crippen molar-refractivity contribution in [2.24, 2.45) is 4.99 Å². The zero-order chi connectivity index (χ0) is 19.8. The van der Waals surface area contributed by atoms with Crippen molar-refractivity contribution in [1.29, 1.82) is 0 Å². The third-order valence-electron chi connectivity index (χ3n) is 4.48. The number of nitrogens with one attached hydrogen (secondary N) is 1. The first-order valence-corrected chi connectivity index (χ1v) is 8.91. The van der Waals surface area contributed by atoms with Crippen LogP contribution in [0.3, 0.4) is 0 Å². The van der Waals surface area contributed by atoms with Gasteiger partial charge in [-0.2, -0.15) is 0 Å². The second-order valence-corrected chi connectivity index (χ2v) is 6.63. The second-order valence-electron chi connectivity index (χ2n) is 6.63. The summed E-state index contributed by atoms with van der Waals surface area (Å²) in [6.07, 6.45) is 0. The van der Waals surface area contributed by atoms with Gasteiger partial charge in [0.1, 0.15) is 11.6 Å². The van der Waals surface area contributed by atoms with Crippen LogP contribution in [0, 0.1) is 5.82 Å². The van der Waals surface area contributed by atoms with Crippen molar-refractivity contribution in [1.82, 2.24) is 15.1 Å². The molecular weight excluding hydrogens is 470 g/mol.